The summed E-state index contributed by atoms with van der Waals surface area (Å²) < 4.78 is 0. The van der Waals surface area contributed by atoms with Gasteiger partial charge in [-0.1, -0.05) is 36.3 Å². The van der Waals surface area contributed by atoms with Crippen LogP contribution in [-0.4, -0.2) is 0 Å². The first kappa shape index (κ1) is 13.2. The van der Waals surface area contributed by atoms with Gasteiger partial charge in [0.05, 0.1) is 0 Å². The summed E-state index contributed by atoms with van der Waals surface area (Å²) in [6, 6.07) is 0. The van der Waals surface area contributed by atoms with Crippen LogP contribution in [0.15, 0.2) is 36.0 Å². The van der Waals surface area contributed by atoms with Crippen LogP contribution in [0, 0.1) is 0 Å². The summed E-state index contributed by atoms with van der Waals surface area (Å²) in [5.74, 6) is 0. The third-order valence-corrected chi connectivity index (χ3v) is 2.33. The number of hydrogen-bond donors (Lipinski definition) is 0. The van der Waals surface area contributed by atoms with Crippen LogP contribution in [0.5, 0.6) is 0 Å². The Labute approximate surface area is 89.4 Å². The van der Waals surface area contributed by atoms with Crippen molar-refractivity contribution in [1.82, 2.24) is 0 Å². The van der Waals surface area contributed by atoms with Crippen LogP contribution >= 0.6 is 0 Å². The summed E-state index contributed by atoms with van der Waals surface area (Å²) in [5, 5.41) is 0. The van der Waals surface area contributed by atoms with Crippen molar-refractivity contribution in [3.8, 4) is 0 Å². The smallest absolute Gasteiger partial charge is 0.0288 e. The van der Waals surface area contributed by atoms with Crippen LogP contribution in [0.4, 0.5) is 0 Å². The van der Waals surface area contributed by atoms with Crippen molar-refractivity contribution >= 4 is 0 Å². The molecule has 0 radical (unpaired) electrons. The fraction of sp³-hybridized carbons (Fsp3) is 0.571. The van der Waals surface area contributed by atoms with Crippen molar-refractivity contribution in [1.29, 1.82) is 0 Å². The van der Waals surface area contributed by atoms with Gasteiger partial charge in [-0.15, -0.1) is 6.58 Å². The predicted molar refractivity (Wildman–Crippen MR) is 66.5 cm³/mol. The molecule has 0 aromatic rings. The maximum Gasteiger partial charge on any atom is -0.0288 e. The molecule has 80 valence electrons. The van der Waals surface area contributed by atoms with Crippen molar-refractivity contribution in [2.45, 2.75) is 52.9 Å². The Balaban J connectivity index is 3.69. The van der Waals surface area contributed by atoms with Gasteiger partial charge in [-0.3, -0.25) is 0 Å². The zero-order chi connectivity index (χ0) is 10.8. The van der Waals surface area contributed by atoms with Crippen LogP contribution in [0.3, 0.4) is 0 Å². The largest absolute Gasteiger partial charge is 0.103 e. The van der Waals surface area contributed by atoms with E-state index < -0.39 is 0 Å². The fourth-order valence-corrected chi connectivity index (χ4v) is 1.43. The summed E-state index contributed by atoms with van der Waals surface area (Å²) in [6.45, 7) is 10.3. The van der Waals surface area contributed by atoms with Crippen LogP contribution in [0.1, 0.15) is 52.9 Å². The number of hydrogen-bond acceptors (Lipinski definition) is 0. The van der Waals surface area contributed by atoms with Gasteiger partial charge in [0.2, 0.25) is 0 Å². The molecular weight excluding hydrogens is 168 g/mol. The van der Waals surface area contributed by atoms with Crippen molar-refractivity contribution in [3.05, 3.63) is 36.0 Å². The van der Waals surface area contributed by atoms with E-state index in [4.69, 9.17) is 0 Å². The summed E-state index contributed by atoms with van der Waals surface area (Å²) in [5.41, 5.74) is 3.01. The van der Waals surface area contributed by atoms with Gasteiger partial charge in [-0.05, 0) is 46.0 Å². The molecule has 0 rings (SSSR count). The number of rotatable bonds is 7. The lowest BCUT2D eigenvalue weighted by Gasteiger charge is -2.00. The second-order valence-corrected chi connectivity index (χ2v) is 3.88. The SMILES string of the molecule is C=CCC/C(C)=C/CC/C(C)=C/CC. The van der Waals surface area contributed by atoms with E-state index in [-0.39, 0.29) is 0 Å². The van der Waals surface area contributed by atoms with Gasteiger partial charge in [0.1, 0.15) is 0 Å². The average molecular weight is 192 g/mol. The molecule has 0 amide bonds. The summed E-state index contributed by atoms with van der Waals surface area (Å²) >= 11 is 0. The molecule has 0 aliphatic heterocycles. The second-order valence-electron chi connectivity index (χ2n) is 3.88. The van der Waals surface area contributed by atoms with Gasteiger partial charge in [0.15, 0.2) is 0 Å². The van der Waals surface area contributed by atoms with Crippen LogP contribution < -0.4 is 0 Å². The fourth-order valence-electron chi connectivity index (χ4n) is 1.43. The van der Waals surface area contributed by atoms with Gasteiger partial charge in [0, 0.05) is 0 Å². The minimum atomic E-state index is 1.10. The molecule has 0 N–H and O–H groups in total. The van der Waals surface area contributed by atoms with Crippen molar-refractivity contribution < 1.29 is 0 Å². The Hall–Kier alpha value is -0.780. The molecule has 0 heterocycles. The Bertz CT molecular complexity index is 206. The third kappa shape index (κ3) is 7.85. The zero-order valence-electron chi connectivity index (χ0n) is 9.97. The summed E-state index contributed by atoms with van der Waals surface area (Å²) in [6.07, 6.45) is 12.5. The topological polar surface area (TPSA) is 0 Å². The molecule has 0 aromatic carbocycles. The van der Waals surface area contributed by atoms with Gasteiger partial charge >= 0.3 is 0 Å². The monoisotopic (exact) mass is 192 g/mol. The van der Waals surface area contributed by atoms with E-state index in [1.807, 2.05) is 6.08 Å². The van der Waals surface area contributed by atoms with Gasteiger partial charge < -0.3 is 0 Å². The van der Waals surface area contributed by atoms with Gasteiger partial charge in [-0.2, -0.15) is 0 Å². The minimum Gasteiger partial charge on any atom is -0.103 e. The van der Waals surface area contributed by atoms with E-state index >= 15 is 0 Å². The Morgan fingerprint density at radius 1 is 1.00 bits per heavy atom. The maximum atomic E-state index is 3.73. The van der Waals surface area contributed by atoms with Crippen LogP contribution in [0.25, 0.3) is 0 Å². The molecule has 0 bridgehead atoms. The van der Waals surface area contributed by atoms with Gasteiger partial charge in [0.25, 0.3) is 0 Å². The Morgan fingerprint density at radius 2 is 1.57 bits per heavy atom. The third-order valence-electron chi connectivity index (χ3n) is 2.33. The highest BCUT2D eigenvalue weighted by molar-refractivity contribution is 5.03. The zero-order valence-corrected chi connectivity index (χ0v) is 9.97. The van der Waals surface area contributed by atoms with Crippen LogP contribution in [0.2, 0.25) is 0 Å². The molecule has 0 atom stereocenters. The molecule has 0 spiro atoms. The molecule has 0 nitrogen and oxygen atoms in total. The van der Waals surface area contributed by atoms with E-state index in [0.717, 1.165) is 12.8 Å². The summed E-state index contributed by atoms with van der Waals surface area (Å²) in [7, 11) is 0. The van der Waals surface area contributed by atoms with Crippen LogP contribution in [-0.2, 0) is 0 Å². The molecule has 0 aliphatic rings. The first-order valence-corrected chi connectivity index (χ1v) is 5.62. The lowest BCUT2D eigenvalue weighted by molar-refractivity contribution is 0.917. The Morgan fingerprint density at radius 3 is 2.14 bits per heavy atom. The first-order chi connectivity index (χ1) is 6.70. The van der Waals surface area contributed by atoms with Crippen molar-refractivity contribution in [3.63, 3.8) is 0 Å². The van der Waals surface area contributed by atoms with E-state index in [1.165, 1.54) is 30.4 Å². The van der Waals surface area contributed by atoms with E-state index in [1.54, 1.807) is 0 Å². The minimum absolute atomic E-state index is 1.10. The summed E-state index contributed by atoms with van der Waals surface area (Å²) in [4.78, 5) is 0. The lowest BCUT2D eigenvalue weighted by atomic mass is 10.1. The van der Waals surface area contributed by atoms with E-state index in [0.29, 0.717) is 0 Å². The first-order valence-electron chi connectivity index (χ1n) is 5.62. The predicted octanol–water partition coefficient (Wildman–Crippen LogP) is 5.04. The average Bonchev–Trinajstić information content (AvgIpc) is 2.15. The normalized spacial score (nSPS) is 13.1. The van der Waals surface area contributed by atoms with E-state index in [2.05, 4.69) is 39.5 Å². The van der Waals surface area contributed by atoms with E-state index in [9.17, 15) is 0 Å². The molecular formula is C14H24. The number of allylic oxidation sites excluding steroid dienone is 5. The highest BCUT2D eigenvalue weighted by Crippen LogP contribution is 2.10. The second kappa shape index (κ2) is 8.80. The Kier molecular flexibility index (Phi) is 8.31. The molecule has 0 unspecified atom stereocenters. The van der Waals surface area contributed by atoms with Gasteiger partial charge in [-0.25, -0.2) is 0 Å². The standard InChI is InChI=1S/C14H24/c1-5-7-10-14(4)12-8-11-13(3)9-6-2/h5,9,12H,1,6-8,10-11H2,2-4H3/b13-9+,14-12+. The quantitative estimate of drug-likeness (QED) is 0.496. The molecule has 0 saturated heterocycles. The molecule has 0 aromatic heterocycles. The van der Waals surface area contributed by atoms with Crippen molar-refractivity contribution in [2.75, 3.05) is 0 Å². The molecule has 0 heteroatoms. The van der Waals surface area contributed by atoms with Crippen molar-refractivity contribution in [2.24, 2.45) is 0 Å². The molecule has 0 saturated carbocycles. The lowest BCUT2D eigenvalue weighted by Crippen LogP contribution is -1.79. The maximum absolute atomic E-state index is 3.73. The highest BCUT2D eigenvalue weighted by Gasteiger charge is 1.90. The molecule has 14 heavy (non-hydrogen) atoms. The molecule has 0 fully saturated rings. The molecule has 0 aliphatic carbocycles. The highest BCUT2D eigenvalue weighted by atomic mass is 14.0.